The Labute approximate surface area is 159 Å². The third-order valence-corrected chi connectivity index (χ3v) is 4.93. The lowest BCUT2D eigenvalue weighted by molar-refractivity contribution is -0.136. The van der Waals surface area contributed by atoms with Gasteiger partial charge in [-0.05, 0) is 18.1 Å². The highest BCUT2D eigenvalue weighted by atomic mass is 16.2. The maximum atomic E-state index is 13.3. The van der Waals surface area contributed by atoms with E-state index < -0.39 is 12.1 Å². The average molecular weight is 363 g/mol. The minimum atomic E-state index is -0.708. The van der Waals surface area contributed by atoms with Crippen molar-refractivity contribution in [2.75, 3.05) is 7.05 Å². The second kappa shape index (κ2) is 8.18. The van der Waals surface area contributed by atoms with Crippen LogP contribution in [0.15, 0.2) is 72.8 Å². The summed E-state index contributed by atoms with van der Waals surface area (Å²) in [6, 6.07) is 18.0. The maximum Gasteiger partial charge on any atom is 0.246 e. The van der Waals surface area contributed by atoms with Crippen molar-refractivity contribution in [2.24, 2.45) is 5.73 Å². The number of hydrogen-bond donors (Lipinski definition) is 2. The van der Waals surface area contributed by atoms with E-state index in [1.54, 1.807) is 18.9 Å². The standard InChI is InChI=1S/C22H25N3O2/c1-15(23)21(26)24-20-18(16-9-5-3-6-10-16)13-14-19(25(2)22(20)27)17-11-7-4-8-12-17/h3-15,18-20H,23H2,1-2H3,(H,24,26)/t15-,18+,19-,20-/m0/s1. The second-order valence-corrected chi connectivity index (χ2v) is 6.90. The van der Waals surface area contributed by atoms with Crippen molar-refractivity contribution in [3.8, 4) is 0 Å². The van der Waals surface area contributed by atoms with Crippen molar-refractivity contribution in [2.45, 2.75) is 31.0 Å². The highest BCUT2D eigenvalue weighted by Crippen LogP contribution is 2.31. The molecule has 0 saturated carbocycles. The zero-order chi connectivity index (χ0) is 19.4. The van der Waals surface area contributed by atoms with Crippen LogP contribution in [0.25, 0.3) is 0 Å². The molecule has 0 fully saturated rings. The second-order valence-electron chi connectivity index (χ2n) is 6.90. The first kappa shape index (κ1) is 18.9. The summed E-state index contributed by atoms with van der Waals surface area (Å²) in [6.07, 6.45) is 4.05. The maximum absolute atomic E-state index is 13.3. The Morgan fingerprint density at radius 1 is 1.00 bits per heavy atom. The summed E-state index contributed by atoms with van der Waals surface area (Å²) in [5.74, 6) is -0.747. The predicted molar refractivity (Wildman–Crippen MR) is 106 cm³/mol. The number of nitrogens with one attached hydrogen (secondary N) is 1. The van der Waals surface area contributed by atoms with Gasteiger partial charge >= 0.3 is 0 Å². The Balaban J connectivity index is 2.01. The lowest BCUT2D eigenvalue weighted by Gasteiger charge is -2.30. The number of amides is 2. The van der Waals surface area contributed by atoms with Gasteiger partial charge in [-0.25, -0.2) is 0 Å². The van der Waals surface area contributed by atoms with Crippen LogP contribution in [-0.4, -0.2) is 35.8 Å². The van der Waals surface area contributed by atoms with Gasteiger partial charge in [0.05, 0.1) is 12.1 Å². The molecule has 0 unspecified atom stereocenters. The number of nitrogens with zero attached hydrogens (tertiary/aromatic N) is 1. The quantitative estimate of drug-likeness (QED) is 0.819. The Morgan fingerprint density at radius 2 is 1.56 bits per heavy atom. The van der Waals surface area contributed by atoms with Crippen LogP contribution in [-0.2, 0) is 9.59 Å². The molecule has 5 nitrogen and oxygen atoms in total. The van der Waals surface area contributed by atoms with E-state index in [1.165, 1.54) is 0 Å². The van der Waals surface area contributed by atoms with Crippen LogP contribution in [0.4, 0.5) is 0 Å². The summed E-state index contributed by atoms with van der Waals surface area (Å²) in [6.45, 7) is 1.61. The fourth-order valence-electron chi connectivity index (χ4n) is 3.38. The SMILES string of the molecule is C[C@H](N)C(=O)N[C@@H]1C(=O)N(C)[C@H](c2ccccc2)C=C[C@@H]1c1ccccc1. The van der Waals surface area contributed by atoms with Gasteiger partial charge in [0.1, 0.15) is 6.04 Å². The summed E-state index contributed by atoms with van der Waals surface area (Å²) in [5, 5.41) is 2.85. The number of hydrogen-bond acceptors (Lipinski definition) is 3. The summed E-state index contributed by atoms with van der Waals surface area (Å²) in [4.78, 5) is 27.3. The Kier molecular flexibility index (Phi) is 5.72. The number of likely N-dealkylation sites (N-methyl/N-ethyl adjacent to an activating group) is 1. The first-order valence-electron chi connectivity index (χ1n) is 9.10. The Bertz CT molecular complexity index is 818. The van der Waals surface area contributed by atoms with Crippen LogP contribution < -0.4 is 11.1 Å². The van der Waals surface area contributed by atoms with E-state index in [1.807, 2.05) is 72.8 Å². The van der Waals surface area contributed by atoms with Crippen molar-refractivity contribution in [3.05, 3.63) is 83.9 Å². The van der Waals surface area contributed by atoms with E-state index in [4.69, 9.17) is 5.73 Å². The molecule has 3 N–H and O–H groups in total. The van der Waals surface area contributed by atoms with Gasteiger partial charge in [-0.1, -0.05) is 72.8 Å². The van der Waals surface area contributed by atoms with E-state index in [2.05, 4.69) is 5.32 Å². The van der Waals surface area contributed by atoms with Crippen molar-refractivity contribution in [3.63, 3.8) is 0 Å². The first-order chi connectivity index (χ1) is 13.0. The Morgan fingerprint density at radius 3 is 2.11 bits per heavy atom. The van der Waals surface area contributed by atoms with E-state index in [0.29, 0.717) is 0 Å². The molecule has 3 rings (SSSR count). The zero-order valence-electron chi connectivity index (χ0n) is 15.6. The normalized spacial score (nSPS) is 23.6. The van der Waals surface area contributed by atoms with E-state index in [9.17, 15) is 9.59 Å². The van der Waals surface area contributed by atoms with Gasteiger partial charge in [-0.15, -0.1) is 0 Å². The van der Waals surface area contributed by atoms with Crippen LogP contribution >= 0.6 is 0 Å². The fourth-order valence-corrected chi connectivity index (χ4v) is 3.38. The number of benzene rings is 2. The van der Waals surface area contributed by atoms with Gasteiger partial charge in [0, 0.05) is 13.0 Å². The largest absolute Gasteiger partial charge is 0.342 e. The highest BCUT2D eigenvalue weighted by Gasteiger charge is 2.36. The Hall–Kier alpha value is -2.92. The zero-order valence-corrected chi connectivity index (χ0v) is 15.6. The molecule has 0 bridgehead atoms. The molecular formula is C22H25N3O2. The van der Waals surface area contributed by atoms with Crippen LogP contribution in [0, 0.1) is 0 Å². The molecule has 0 radical (unpaired) electrons. The predicted octanol–water partition coefficient (Wildman–Crippen LogP) is 2.37. The van der Waals surface area contributed by atoms with Crippen molar-refractivity contribution < 1.29 is 9.59 Å². The van der Waals surface area contributed by atoms with Gasteiger partial charge in [0.2, 0.25) is 11.8 Å². The lowest BCUT2D eigenvalue weighted by Crippen LogP contribution is -2.53. The number of carbonyl (C=O) groups is 2. The molecule has 1 heterocycles. The van der Waals surface area contributed by atoms with E-state index >= 15 is 0 Å². The van der Waals surface area contributed by atoms with Gasteiger partial charge in [0.25, 0.3) is 0 Å². The number of carbonyl (C=O) groups excluding carboxylic acids is 2. The highest BCUT2D eigenvalue weighted by molar-refractivity contribution is 5.91. The fraction of sp³-hybridized carbons (Fsp3) is 0.273. The molecule has 4 atom stereocenters. The molecule has 1 aliphatic heterocycles. The smallest absolute Gasteiger partial charge is 0.246 e. The van der Waals surface area contributed by atoms with Gasteiger partial charge in [-0.2, -0.15) is 0 Å². The van der Waals surface area contributed by atoms with Gasteiger partial charge < -0.3 is 16.0 Å². The van der Waals surface area contributed by atoms with E-state index in [0.717, 1.165) is 11.1 Å². The minimum Gasteiger partial charge on any atom is -0.342 e. The third-order valence-electron chi connectivity index (χ3n) is 4.93. The summed E-state index contributed by atoms with van der Waals surface area (Å²) < 4.78 is 0. The van der Waals surface area contributed by atoms with Crippen LogP contribution in [0.5, 0.6) is 0 Å². The molecule has 0 spiro atoms. The van der Waals surface area contributed by atoms with Gasteiger partial charge in [0.15, 0.2) is 0 Å². The molecule has 1 aliphatic rings. The molecule has 27 heavy (non-hydrogen) atoms. The summed E-state index contributed by atoms with van der Waals surface area (Å²) >= 11 is 0. The van der Waals surface area contributed by atoms with E-state index in [-0.39, 0.29) is 23.8 Å². The molecule has 2 amide bonds. The number of rotatable bonds is 4. The molecule has 5 heteroatoms. The lowest BCUT2D eigenvalue weighted by atomic mass is 9.90. The van der Waals surface area contributed by atoms with Crippen molar-refractivity contribution in [1.29, 1.82) is 0 Å². The van der Waals surface area contributed by atoms with Crippen LogP contribution in [0.2, 0.25) is 0 Å². The average Bonchev–Trinajstić information content (AvgIpc) is 2.81. The molecule has 0 saturated heterocycles. The monoisotopic (exact) mass is 363 g/mol. The summed E-state index contributed by atoms with van der Waals surface area (Å²) in [7, 11) is 1.77. The minimum absolute atomic E-state index is 0.142. The van der Waals surface area contributed by atoms with Crippen molar-refractivity contribution in [1.82, 2.24) is 10.2 Å². The van der Waals surface area contributed by atoms with Gasteiger partial charge in [-0.3, -0.25) is 9.59 Å². The molecular weight excluding hydrogens is 338 g/mol. The van der Waals surface area contributed by atoms with Crippen LogP contribution in [0.1, 0.15) is 30.0 Å². The summed E-state index contributed by atoms with van der Waals surface area (Å²) in [5.41, 5.74) is 7.71. The molecule has 0 aliphatic carbocycles. The third kappa shape index (κ3) is 4.09. The van der Waals surface area contributed by atoms with Crippen LogP contribution in [0.3, 0.4) is 0 Å². The topological polar surface area (TPSA) is 75.4 Å². The molecule has 2 aromatic rings. The molecule has 0 aromatic heterocycles. The molecule has 140 valence electrons. The first-order valence-corrected chi connectivity index (χ1v) is 9.10. The molecule has 2 aromatic carbocycles. The number of nitrogens with two attached hydrogens (primary N) is 1. The van der Waals surface area contributed by atoms with Crippen molar-refractivity contribution >= 4 is 11.8 Å².